The van der Waals surface area contributed by atoms with Crippen molar-refractivity contribution < 1.29 is 0 Å². The third-order valence-corrected chi connectivity index (χ3v) is 4.05. The Hall–Kier alpha value is -0.0400. The van der Waals surface area contributed by atoms with Crippen molar-refractivity contribution in [1.82, 2.24) is 0 Å². The van der Waals surface area contributed by atoms with E-state index in [0.29, 0.717) is 5.41 Å². The molecule has 2 N–H and O–H groups in total. The lowest BCUT2D eigenvalue weighted by atomic mass is 9.79. The standard InChI is InChI=1S/C10H19N/c1-10(2)8(6-11)9(10)7-4-3-5-7/h7-9H,3-6,11H2,1-2H3. The van der Waals surface area contributed by atoms with Crippen molar-refractivity contribution in [2.75, 3.05) is 6.54 Å². The molecule has 0 saturated heterocycles. The van der Waals surface area contributed by atoms with Gasteiger partial charge in [0.1, 0.15) is 0 Å². The van der Waals surface area contributed by atoms with Crippen molar-refractivity contribution >= 4 is 0 Å². The summed E-state index contributed by atoms with van der Waals surface area (Å²) in [6, 6.07) is 0. The SMILES string of the molecule is CC1(C)C(CN)C1C1CCC1. The second-order valence-corrected chi connectivity index (χ2v) is 4.88. The second kappa shape index (κ2) is 2.22. The Kier molecular flexibility index (Phi) is 1.54. The highest BCUT2D eigenvalue weighted by Gasteiger charge is 2.60. The quantitative estimate of drug-likeness (QED) is 0.645. The van der Waals surface area contributed by atoms with Crippen molar-refractivity contribution in [3.05, 3.63) is 0 Å². The summed E-state index contributed by atoms with van der Waals surface area (Å²) in [7, 11) is 0. The fourth-order valence-electron chi connectivity index (χ4n) is 2.97. The molecule has 11 heavy (non-hydrogen) atoms. The molecule has 2 unspecified atom stereocenters. The molecule has 64 valence electrons. The van der Waals surface area contributed by atoms with E-state index in [-0.39, 0.29) is 0 Å². The van der Waals surface area contributed by atoms with Gasteiger partial charge in [-0.15, -0.1) is 0 Å². The van der Waals surface area contributed by atoms with Gasteiger partial charge in [-0.05, 0) is 29.7 Å². The number of rotatable bonds is 2. The van der Waals surface area contributed by atoms with E-state index in [9.17, 15) is 0 Å². The van der Waals surface area contributed by atoms with Crippen LogP contribution in [0.4, 0.5) is 0 Å². The summed E-state index contributed by atoms with van der Waals surface area (Å²) >= 11 is 0. The average molecular weight is 153 g/mol. The van der Waals surface area contributed by atoms with Crippen molar-refractivity contribution in [1.29, 1.82) is 0 Å². The zero-order valence-electron chi connectivity index (χ0n) is 7.64. The largest absolute Gasteiger partial charge is 0.330 e. The minimum Gasteiger partial charge on any atom is -0.330 e. The third kappa shape index (κ3) is 0.936. The smallest absolute Gasteiger partial charge is 0.00407 e. The van der Waals surface area contributed by atoms with Gasteiger partial charge >= 0.3 is 0 Å². The molecule has 2 aliphatic rings. The topological polar surface area (TPSA) is 26.0 Å². The molecule has 0 amide bonds. The van der Waals surface area contributed by atoms with Crippen molar-refractivity contribution in [3.8, 4) is 0 Å². The molecular weight excluding hydrogens is 134 g/mol. The van der Waals surface area contributed by atoms with Gasteiger partial charge in [0.15, 0.2) is 0 Å². The van der Waals surface area contributed by atoms with Crippen LogP contribution < -0.4 is 5.73 Å². The van der Waals surface area contributed by atoms with Crippen LogP contribution >= 0.6 is 0 Å². The van der Waals surface area contributed by atoms with E-state index in [2.05, 4.69) is 13.8 Å². The van der Waals surface area contributed by atoms with Crippen LogP contribution in [-0.4, -0.2) is 6.54 Å². The van der Waals surface area contributed by atoms with Crippen LogP contribution in [0.2, 0.25) is 0 Å². The molecule has 2 aliphatic carbocycles. The molecular formula is C10H19N. The maximum Gasteiger partial charge on any atom is -0.00407 e. The summed E-state index contributed by atoms with van der Waals surface area (Å²) < 4.78 is 0. The molecule has 0 spiro atoms. The summed E-state index contributed by atoms with van der Waals surface area (Å²) in [6.07, 6.45) is 4.42. The Morgan fingerprint density at radius 3 is 2.27 bits per heavy atom. The molecule has 2 saturated carbocycles. The van der Waals surface area contributed by atoms with E-state index >= 15 is 0 Å². The molecule has 0 aliphatic heterocycles. The Morgan fingerprint density at radius 2 is 2.00 bits per heavy atom. The number of hydrogen-bond donors (Lipinski definition) is 1. The van der Waals surface area contributed by atoms with Gasteiger partial charge in [0.25, 0.3) is 0 Å². The monoisotopic (exact) mass is 153 g/mol. The van der Waals surface area contributed by atoms with Gasteiger partial charge in [-0.25, -0.2) is 0 Å². The Balaban J connectivity index is 1.96. The van der Waals surface area contributed by atoms with Gasteiger partial charge in [0.05, 0.1) is 0 Å². The highest BCUT2D eigenvalue weighted by Crippen LogP contribution is 2.64. The molecule has 1 heteroatoms. The molecule has 1 nitrogen and oxygen atoms in total. The predicted molar refractivity (Wildman–Crippen MR) is 47.2 cm³/mol. The average Bonchev–Trinajstić information content (AvgIpc) is 2.31. The minimum atomic E-state index is 0.583. The summed E-state index contributed by atoms with van der Waals surface area (Å²) in [4.78, 5) is 0. The molecule has 0 radical (unpaired) electrons. The molecule has 0 bridgehead atoms. The van der Waals surface area contributed by atoms with Crippen LogP contribution in [0.15, 0.2) is 0 Å². The maximum absolute atomic E-state index is 5.72. The third-order valence-electron chi connectivity index (χ3n) is 4.05. The molecule has 0 aromatic rings. The van der Waals surface area contributed by atoms with Crippen LogP contribution in [0, 0.1) is 23.2 Å². The predicted octanol–water partition coefficient (Wildman–Crippen LogP) is 2.02. The fraction of sp³-hybridized carbons (Fsp3) is 1.00. The first-order chi connectivity index (χ1) is 5.18. The fourth-order valence-corrected chi connectivity index (χ4v) is 2.97. The lowest BCUT2D eigenvalue weighted by Gasteiger charge is -2.26. The summed E-state index contributed by atoms with van der Waals surface area (Å²) in [5, 5.41) is 0. The minimum absolute atomic E-state index is 0.583. The highest BCUT2D eigenvalue weighted by atomic mass is 14.7. The lowest BCUT2D eigenvalue weighted by molar-refractivity contribution is 0.245. The van der Waals surface area contributed by atoms with E-state index in [1.165, 1.54) is 19.3 Å². The van der Waals surface area contributed by atoms with Crippen LogP contribution in [0.25, 0.3) is 0 Å². The van der Waals surface area contributed by atoms with Crippen molar-refractivity contribution in [2.24, 2.45) is 28.9 Å². The normalized spacial score (nSPS) is 41.7. The van der Waals surface area contributed by atoms with Gasteiger partial charge in [0.2, 0.25) is 0 Å². The zero-order valence-corrected chi connectivity index (χ0v) is 7.64. The molecule has 2 atom stereocenters. The molecule has 2 rings (SSSR count). The van der Waals surface area contributed by atoms with Crippen LogP contribution in [0.1, 0.15) is 33.1 Å². The Bertz CT molecular complexity index is 158. The van der Waals surface area contributed by atoms with Crippen LogP contribution in [-0.2, 0) is 0 Å². The lowest BCUT2D eigenvalue weighted by Crippen LogP contribution is -2.16. The van der Waals surface area contributed by atoms with Gasteiger partial charge in [0, 0.05) is 0 Å². The zero-order chi connectivity index (χ0) is 8.06. The maximum atomic E-state index is 5.72. The first kappa shape index (κ1) is 7.60. The molecule has 0 heterocycles. The van der Waals surface area contributed by atoms with Gasteiger partial charge < -0.3 is 5.73 Å². The molecule has 0 aromatic heterocycles. The summed E-state index contributed by atoms with van der Waals surface area (Å²) in [5.41, 5.74) is 6.30. The Labute approximate surface area is 69.4 Å². The van der Waals surface area contributed by atoms with Crippen LogP contribution in [0.5, 0.6) is 0 Å². The Morgan fingerprint density at radius 1 is 1.36 bits per heavy atom. The second-order valence-electron chi connectivity index (χ2n) is 4.88. The molecule has 0 aromatic carbocycles. The van der Waals surface area contributed by atoms with E-state index in [4.69, 9.17) is 5.73 Å². The highest BCUT2D eigenvalue weighted by molar-refractivity contribution is 5.09. The summed E-state index contributed by atoms with van der Waals surface area (Å²) in [6.45, 7) is 5.68. The first-order valence-electron chi connectivity index (χ1n) is 4.88. The number of nitrogens with two attached hydrogens (primary N) is 1. The van der Waals surface area contributed by atoms with E-state index < -0.39 is 0 Å². The van der Waals surface area contributed by atoms with Gasteiger partial charge in [-0.3, -0.25) is 0 Å². The van der Waals surface area contributed by atoms with Crippen molar-refractivity contribution in [3.63, 3.8) is 0 Å². The molecule has 2 fully saturated rings. The van der Waals surface area contributed by atoms with E-state index in [1.807, 2.05) is 0 Å². The number of hydrogen-bond acceptors (Lipinski definition) is 1. The summed E-state index contributed by atoms with van der Waals surface area (Å²) in [5.74, 6) is 2.85. The first-order valence-corrected chi connectivity index (χ1v) is 4.88. The van der Waals surface area contributed by atoms with Crippen molar-refractivity contribution in [2.45, 2.75) is 33.1 Å². The van der Waals surface area contributed by atoms with Gasteiger partial charge in [-0.1, -0.05) is 33.1 Å². The van der Waals surface area contributed by atoms with Crippen LogP contribution in [0.3, 0.4) is 0 Å². The van der Waals surface area contributed by atoms with E-state index in [0.717, 1.165) is 24.3 Å². The van der Waals surface area contributed by atoms with Gasteiger partial charge in [-0.2, -0.15) is 0 Å². The van der Waals surface area contributed by atoms with E-state index in [1.54, 1.807) is 0 Å².